The van der Waals surface area contributed by atoms with Crippen LogP contribution in [0.1, 0.15) is 33.0 Å². The molecule has 0 atom stereocenters. The van der Waals surface area contributed by atoms with Gasteiger partial charge in [0.15, 0.2) is 0 Å². The summed E-state index contributed by atoms with van der Waals surface area (Å²) in [6.45, 7) is 10.1. The van der Waals surface area contributed by atoms with E-state index in [1.807, 2.05) is 20.0 Å². The zero-order chi connectivity index (χ0) is 14.5. The first-order valence-electron chi connectivity index (χ1n) is 6.73. The summed E-state index contributed by atoms with van der Waals surface area (Å²) >= 11 is 0. The highest BCUT2D eigenvalue weighted by Crippen LogP contribution is 2.21. The van der Waals surface area contributed by atoms with Gasteiger partial charge in [-0.1, -0.05) is 20.8 Å². The Labute approximate surface area is 116 Å². The van der Waals surface area contributed by atoms with Crippen molar-refractivity contribution in [2.75, 3.05) is 37.0 Å². The van der Waals surface area contributed by atoms with Gasteiger partial charge < -0.3 is 15.3 Å². The second-order valence-electron chi connectivity index (χ2n) is 6.04. The van der Waals surface area contributed by atoms with Crippen molar-refractivity contribution in [3.63, 3.8) is 0 Å². The van der Waals surface area contributed by atoms with E-state index in [-0.39, 0.29) is 6.61 Å². The van der Waals surface area contributed by atoms with Gasteiger partial charge in [-0.05, 0) is 18.8 Å². The minimum atomic E-state index is 0.0955. The fraction of sp³-hybridized carbons (Fsp3) is 0.714. The Bertz CT molecular complexity index is 401. The number of aryl methyl sites for hydroxylation is 1. The molecule has 0 bridgehead atoms. The minimum absolute atomic E-state index is 0.0955. The smallest absolute Gasteiger partial charge is 0.134 e. The summed E-state index contributed by atoms with van der Waals surface area (Å²) < 4.78 is 0. The van der Waals surface area contributed by atoms with Gasteiger partial charge in [0.05, 0.1) is 6.61 Å². The van der Waals surface area contributed by atoms with Gasteiger partial charge in [0, 0.05) is 26.2 Å². The zero-order valence-corrected chi connectivity index (χ0v) is 12.7. The Morgan fingerprint density at radius 1 is 1.32 bits per heavy atom. The fourth-order valence-electron chi connectivity index (χ4n) is 1.64. The van der Waals surface area contributed by atoms with Gasteiger partial charge >= 0.3 is 0 Å². The summed E-state index contributed by atoms with van der Waals surface area (Å²) in [6, 6.07) is 1.92. The molecule has 108 valence electrons. The number of anilines is 2. The number of hydrogen-bond donors (Lipinski definition) is 2. The summed E-state index contributed by atoms with van der Waals surface area (Å²) in [7, 11) is 2.04. The Hall–Kier alpha value is -1.36. The second kappa shape index (κ2) is 6.70. The summed E-state index contributed by atoms with van der Waals surface area (Å²) in [5, 5.41) is 11.9. The van der Waals surface area contributed by atoms with Crippen molar-refractivity contribution in [1.29, 1.82) is 0 Å². The second-order valence-corrected chi connectivity index (χ2v) is 6.04. The molecule has 19 heavy (non-hydrogen) atoms. The van der Waals surface area contributed by atoms with Crippen LogP contribution in [0.5, 0.6) is 0 Å². The number of aliphatic hydroxyl groups is 1. The summed E-state index contributed by atoms with van der Waals surface area (Å²) in [5.74, 6) is 2.41. The molecular formula is C14H26N4O. The molecule has 1 rings (SSSR count). The highest BCUT2D eigenvalue weighted by Gasteiger charge is 2.13. The zero-order valence-electron chi connectivity index (χ0n) is 12.7. The molecule has 0 saturated heterocycles. The number of aromatic nitrogens is 2. The summed E-state index contributed by atoms with van der Waals surface area (Å²) in [6.07, 6.45) is 1.10. The molecule has 0 aromatic carbocycles. The van der Waals surface area contributed by atoms with Crippen molar-refractivity contribution in [2.45, 2.75) is 34.1 Å². The van der Waals surface area contributed by atoms with Crippen molar-refractivity contribution in [1.82, 2.24) is 9.97 Å². The molecule has 1 aromatic rings. The Balaban J connectivity index is 2.73. The van der Waals surface area contributed by atoms with E-state index in [2.05, 4.69) is 41.0 Å². The van der Waals surface area contributed by atoms with Gasteiger partial charge in [0.25, 0.3) is 0 Å². The molecule has 0 aliphatic carbocycles. The molecule has 0 unspecified atom stereocenters. The maximum Gasteiger partial charge on any atom is 0.134 e. The molecule has 1 aromatic heterocycles. The fourth-order valence-corrected chi connectivity index (χ4v) is 1.64. The van der Waals surface area contributed by atoms with Crippen LogP contribution in [-0.4, -0.2) is 41.8 Å². The maximum absolute atomic E-state index is 8.83. The number of nitrogens with zero attached hydrogens (tertiary/aromatic N) is 3. The third-order valence-corrected chi connectivity index (χ3v) is 2.83. The van der Waals surface area contributed by atoms with Crippen LogP contribution >= 0.6 is 0 Å². The lowest BCUT2D eigenvalue weighted by Crippen LogP contribution is -2.24. The molecule has 0 spiro atoms. The van der Waals surface area contributed by atoms with Crippen LogP contribution in [0.4, 0.5) is 11.6 Å². The van der Waals surface area contributed by atoms with E-state index >= 15 is 0 Å². The average Bonchev–Trinajstić information content (AvgIpc) is 2.31. The third-order valence-electron chi connectivity index (χ3n) is 2.83. The lowest BCUT2D eigenvalue weighted by Gasteiger charge is -2.24. The lowest BCUT2D eigenvalue weighted by molar-refractivity contribution is 0.311. The lowest BCUT2D eigenvalue weighted by atomic mass is 9.92. The van der Waals surface area contributed by atoms with E-state index < -0.39 is 0 Å². The maximum atomic E-state index is 8.83. The number of hydrogen-bond acceptors (Lipinski definition) is 5. The molecule has 5 heteroatoms. The largest absolute Gasteiger partial charge is 0.395 e. The highest BCUT2D eigenvalue weighted by atomic mass is 16.3. The van der Waals surface area contributed by atoms with E-state index in [1.54, 1.807) is 0 Å². The van der Waals surface area contributed by atoms with Gasteiger partial charge in [0.2, 0.25) is 0 Å². The molecule has 0 saturated carbocycles. The van der Waals surface area contributed by atoms with Crippen molar-refractivity contribution < 1.29 is 5.11 Å². The Morgan fingerprint density at radius 2 is 2.00 bits per heavy atom. The Kier molecular flexibility index (Phi) is 5.54. The van der Waals surface area contributed by atoms with Gasteiger partial charge in [-0.3, -0.25) is 0 Å². The average molecular weight is 266 g/mol. The predicted octanol–water partition coefficient (Wildman–Crippen LogP) is 2.06. The molecule has 1 heterocycles. The number of rotatable bonds is 6. The van der Waals surface area contributed by atoms with E-state index in [4.69, 9.17) is 5.11 Å². The SMILES string of the molecule is Cc1nc(NCCO)cc(N(C)CCC(C)(C)C)n1. The van der Waals surface area contributed by atoms with E-state index in [0.717, 1.165) is 30.4 Å². The van der Waals surface area contributed by atoms with Gasteiger partial charge in [-0.25, -0.2) is 9.97 Å². The van der Waals surface area contributed by atoms with Crippen molar-refractivity contribution in [3.05, 3.63) is 11.9 Å². The van der Waals surface area contributed by atoms with Crippen molar-refractivity contribution >= 4 is 11.6 Å². The van der Waals surface area contributed by atoms with Crippen LogP contribution in [0.3, 0.4) is 0 Å². The molecule has 5 nitrogen and oxygen atoms in total. The van der Waals surface area contributed by atoms with E-state index in [0.29, 0.717) is 12.0 Å². The Morgan fingerprint density at radius 3 is 2.58 bits per heavy atom. The highest BCUT2D eigenvalue weighted by molar-refractivity contribution is 5.48. The van der Waals surface area contributed by atoms with E-state index in [1.165, 1.54) is 0 Å². The first-order valence-corrected chi connectivity index (χ1v) is 6.73. The van der Waals surface area contributed by atoms with E-state index in [9.17, 15) is 0 Å². The standard InChI is InChI=1S/C14H26N4O/c1-11-16-12(15-7-9-19)10-13(17-11)18(5)8-6-14(2,3)4/h10,19H,6-9H2,1-5H3,(H,15,16,17). The van der Waals surface area contributed by atoms with Crippen LogP contribution in [0.25, 0.3) is 0 Å². The molecular weight excluding hydrogens is 240 g/mol. The quantitative estimate of drug-likeness (QED) is 0.825. The van der Waals surface area contributed by atoms with Crippen molar-refractivity contribution in [3.8, 4) is 0 Å². The molecule has 0 amide bonds. The van der Waals surface area contributed by atoms with Crippen LogP contribution in [0.15, 0.2) is 6.07 Å². The van der Waals surface area contributed by atoms with Crippen LogP contribution in [0, 0.1) is 12.3 Å². The topological polar surface area (TPSA) is 61.3 Å². The van der Waals surface area contributed by atoms with Gasteiger partial charge in [-0.15, -0.1) is 0 Å². The summed E-state index contributed by atoms with van der Waals surface area (Å²) in [5.41, 5.74) is 0.314. The summed E-state index contributed by atoms with van der Waals surface area (Å²) in [4.78, 5) is 10.9. The number of aliphatic hydroxyl groups excluding tert-OH is 1. The van der Waals surface area contributed by atoms with Crippen molar-refractivity contribution in [2.24, 2.45) is 5.41 Å². The molecule has 2 N–H and O–H groups in total. The first-order chi connectivity index (χ1) is 8.81. The molecule has 0 aliphatic rings. The third kappa shape index (κ3) is 5.87. The van der Waals surface area contributed by atoms with Crippen LogP contribution in [-0.2, 0) is 0 Å². The van der Waals surface area contributed by atoms with Gasteiger partial charge in [0.1, 0.15) is 17.5 Å². The van der Waals surface area contributed by atoms with Crippen LogP contribution < -0.4 is 10.2 Å². The molecule has 0 radical (unpaired) electrons. The molecule has 0 fully saturated rings. The number of nitrogens with one attached hydrogen (secondary N) is 1. The normalized spacial score (nSPS) is 11.5. The monoisotopic (exact) mass is 266 g/mol. The first kappa shape index (κ1) is 15.7. The molecule has 0 aliphatic heterocycles. The van der Waals surface area contributed by atoms with Crippen LogP contribution in [0.2, 0.25) is 0 Å². The van der Waals surface area contributed by atoms with Gasteiger partial charge in [-0.2, -0.15) is 0 Å². The minimum Gasteiger partial charge on any atom is -0.395 e. The predicted molar refractivity (Wildman–Crippen MR) is 79.7 cm³/mol.